The van der Waals surface area contributed by atoms with Gasteiger partial charge in [0.1, 0.15) is 12.4 Å². The van der Waals surface area contributed by atoms with Crippen LogP contribution in [-0.2, 0) is 9.47 Å². The van der Waals surface area contributed by atoms with Crippen molar-refractivity contribution < 1.29 is 14.2 Å². The summed E-state index contributed by atoms with van der Waals surface area (Å²) in [6.45, 7) is 2.52. The first-order valence-corrected chi connectivity index (χ1v) is 6.71. The van der Waals surface area contributed by atoms with Gasteiger partial charge >= 0.3 is 0 Å². The maximum atomic E-state index is 8.77. The molecule has 1 atom stereocenters. The van der Waals surface area contributed by atoms with Crippen molar-refractivity contribution >= 4 is 0 Å². The summed E-state index contributed by atoms with van der Waals surface area (Å²) in [5.74, 6) is 0.705. The van der Waals surface area contributed by atoms with Crippen LogP contribution in [0.2, 0.25) is 0 Å². The molecule has 0 aliphatic carbocycles. The Morgan fingerprint density at radius 3 is 3.05 bits per heavy atom. The number of nitriles is 1. The summed E-state index contributed by atoms with van der Waals surface area (Å²) in [5.41, 5.74) is 0.606. The van der Waals surface area contributed by atoms with Gasteiger partial charge in [-0.1, -0.05) is 6.07 Å². The van der Waals surface area contributed by atoms with Crippen molar-refractivity contribution in [3.8, 4) is 11.8 Å². The predicted molar refractivity (Wildman–Crippen MR) is 71.1 cm³/mol. The van der Waals surface area contributed by atoms with E-state index < -0.39 is 0 Å². The van der Waals surface area contributed by atoms with Crippen LogP contribution in [0.5, 0.6) is 5.75 Å². The van der Waals surface area contributed by atoms with Gasteiger partial charge in [-0.25, -0.2) is 0 Å². The molecule has 1 saturated heterocycles. The standard InChI is InChI=1S/C15H19NO3/c16-11-13-4-3-6-14(10-13)19-9-8-17-12-15-5-1-2-7-18-15/h3-4,6,10,15H,1-2,5,7-9,12H2. The zero-order valence-corrected chi connectivity index (χ0v) is 11.0. The molecule has 1 aliphatic rings. The molecule has 0 amide bonds. The molecule has 19 heavy (non-hydrogen) atoms. The van der Waals surface area contributed by atoms with Crippen molar-refractivity contribution in [2.24, 2.45) is 0 Å². The smallest absolute Gasteiger partial charge is 0.120 e. The minimum Gasteiger partial charge on any atom is -0.491 e. The van der Waals surface area contributed by atoms with E-state index in [9.17, 15) is 0 Å². The Morgan fingerprint density at radius 1 is 1.32 bits per heavy atom. The minimum atomic E-state index is 0.246. The lowest BCUT2D eigenvalue weighted by atomic mass is 10.1. The zero-order valence-electron chi connectivity index (χ0n) is 11.0. The molecule has 0 spiro atoms. The van der Waals surface area contributed by atoms with E-state index in [-0.39, 0.29) is 6.10 Å². The van der Waals surface area contributed by atoms with Crippen molar-refractivity contribution in [3.05, 3.63) is 29.8 Å². The molecule has 4 nitrogen and oxygen atoms in total. The van der Waals surface area contributed by atoms with Crippen molar-refractivity contribution in [2.75, 3.05) is 26.4 Å². The molecule has 0 N–H and O–H groups in total. The lowest BCUT2D eigenvalue weighted by Crippen LogP contribution is -2.25. The minimum absolute atomic E-state index is 0.246. The first kappa shape index (κ1) is 13.9. The van der Waals surface area contributed by atoms with Gasteiger partial charge in [0.2, 0.25) is 0 Å². The SMILES string of the molecule is N#Cc1cccc(OCCOCC2CCCCO2)c1. The van der Waals surface area contributed by atoms with Gasteiger partial charge in [-0.05, 0) is 37.5 Å². The first-order chi connectivity index (χ1) is 9.38. The van der Waals surface area contributed by atoms with Gasteiger partial charge in [-0.3, -0.25) is 0 Å². The Labute approximate surface area is 113 Å². The molecule has 2 rings (SSSR count). The molecular weight excluding hydrogens is 242 g/mol. The summed E-state index contributed by atoms with van der Waals surface area (Å²) in [5, 5.41) is 8.77. The molecule has 0 bridgehead atoms. The van der Waals surface area contributed by atoms with Gasteiger partial charge in [0.25, 0.3) is 0 Å². The molecule has 1 aromatic carbocycles. The molecule has 1 unspecified atom stereocenters. The van der Waals surface area contributed by atoms with E-state index in [0.29, 0.717) is 31.1 Å². The Hall–Kier alpha value is -1.57. The maximum absolute atomic E-state index is 8.77. The number of hydrogen-bond donors (Lipinski definition) is 0. The number of nitrogens with zero attached hydrogens (tertiary/aromatic N) is 1. The topological polar surface area (TPSA) is 51.5 Å². The molecular formula is C15H19NO3. The van der Waals surface area contributed by atoms with Crippen LogP contribution in [0.15, 0.2) is 24.3 Å². The van der Waals surface area contributed by atoms with E-state index >= 15 is 0 Å². The van der Waals surface area contributed by atoms with E-state index in [1.807, 2.05) is 12.1 Å². The highest BCUT2D eigenvalue weighted by atomic mass is 16.5. The lowest BCUT2D eigenvalue weighted by Gasteiger charge is -2.22. The summed E-state index contributed by atoms with van der Waals surface area (Å²) in [4.78, 5) is 0. The number of rotatable bonds is 6. The molecule has 1 aromatic rings. The van der Waals surface area contributed by atoms with Crippen LogP contribution >= 0.6 is 0 Å². The highest BCUT2D eigenvalue weighted by Gasteiger charge is 2.13. The van der Waals surface area contributed by atoms with Gasteiger partial charge in [-0.2, -0.15) is 5.26 Å². The van der Waals surface area contributed by atoms with Gasteiger partial charge < -0.3 is 14.2 Å². The lowest BCUT2D eigenvalue weighted by molar-refractivity contribution is -0.0444. The van der Waals surface area contributed by atoms with E-state index in [1.54, 1.807) is 12.1 Å². The van der Waals surface area contributed by atoms with Crippen LogP contribution < -0.4 is 4.74 Å². The summed E-state index contributed by atoms with van der Waals surface area (Å²) in [7, 11) is 0. The molecule has 0 aromatic heterocycles. The second-order valence-corrected chi connectivity index (χ2v) is 4.55. The third-order valence-electron chi connectivity index (χ3n) is 3.04. The molecule has 0 saturated carbocycles. The van der Waals surface area contributed by atoms with Gasteiger partial charge in [-0.15, -0.1) is 0 Å². The molecule has 4 heteroatoms. The zero-order chi connectivity index (χ0) is 13.3. The highest BCUT2D eigenvalue weighted by Crippen LogP contribution is 2.13. The van der Waals surface area contributed by atoms with Gasteiger partial charge in [0, 0.05) is 6.61 Å². The summed E-state index contributed by atoms with van der Waals surface area (Å²) >= 11 is 0. The van der Waals surface area contributed by atoms with Crippen LogP contribution in [0.4, 0.5) is 0 Å². The average molecular weight is 261 g/mol. The fraction of sp³-hybridized carbons (Fsp3) is 0.533. The number of hydrogen-bond acceptors (Lipinski definition) is 4. The van der Waals surface area contributed by atoms with E-state index in [1.165, 1.54) is 6.42 Å². The summed E-state index contributed by atoms with van der Waals surface area (Å²) in [6.07, 6.45) is 3.72. The molecule has 0 radical (unpaired) electrons. The Morgan fingerprint density at radius 2 is 2.26 bits per heavy atom. The van der Waals surface area contributed by atoms with E-state index in [4.69, 9.17) is 19.5 Å². The van der Waals surface area contributed by atoms with Crippen LogP contribution in [0.3, 0.4) is 0 Å². The number of ether oxygens (including phenoxy) is 3. The van der Waals surface area contributed by atoms with Crippen LogP contribution in [-0.4, -0.2) is 32.5 Å². The largest absolute Gasteiger partial charge is 0.491 e. The van der Waals surface area contributed by atoms with Gasteiger partial charge in [0.05, 0.1) is 31.0 Å². The molecule has 1 aliphatic heterocycles. The Bertz CT molecular complexity index is 422. The normalized spacial score (nSPS) is 18.8. The number of benzene rings is 1. The quantitative estimate of drug-likeness (QED) is 0.738. The van der Waals surface area contributed by atoms with Crippen molar-refractivity contribution in [1.29, 1.82) is 5.26 Å². The molecule has 1 fully saturated rings. The Kier molecular flexibility index (Phi) is 5.67. The molecule has 1 heterocycles. The monoisotopic (exact) mass is 261 g/mol. The van der Waals surface area contributed by atoms with Crippen LogP contribution in [0, 0.1) is 11.3 Å². The van der Waals surface area contributed by atoms with Crippen molar-refractivity contribution in [1.82, 2.24) is 0 Å². The Balaban J connectivity index is 1.59. The third-order valence-corrected chi connectivity index (χ3v) is 3.04. The van der Waals surface area contributed by atoms with Crippen LogP contribution in [0.25, 0.3) is 0 Å². The van der Waals surface area contributed by atoms with E-state index in [2.05, 4.69) is 6.07 Å². The average Bonchev–Trinajstić information content (AvgIpc) is 2.48. The van der Waals surface area contributed by atoms with E-state index in [0.717, 1.165) is 19.4 Å². The van der Waals surface area contributed by atoms with Crippen molar-refractivity contribution in [2.45, 2.75) is 25.4 Å². The first-order valence-electron chi connectivity index (χ1n) is 6.71. The maximum Gasteiger partial charge on any atom is 0.120 e. The summed E-state index contributed by atoms with van der Waals surface area (Å²) in [6, 6.07) is 9.21. The van der Waals surface area contributed by atoms with Crippen LogP contribution in [0.1, 0.15) is 24.8 Å². The fourth-order valence-corrected chi connectivity index (χ4v) is 2.03. The second kappa shape index (κ2) is 7.78. The third kappa shape index (κ3) is 4.90. The highest BCUT2D eigenvalue weighted by molar-refractivity contribution is 5.36. The van der Waals surface area contributed by atoms with Crippen molar-refractivity contribution in [3.63, 3.8) is 0 Å². The predicted octanol–water partition coefficient (Wildman–Crippen LogP) is 2.52. The second-order valence-electron chi connectivity index (χ2n) is 4.55. The molecule has 102 valence electrons. The summed E-state index contributed by atoms with van der Waals surface area (Å²) < 4.78 is 16.6. The van der Waals surface area contributed by atoms with Gasteiger partial charge in [0.15, 0.2) is 0 Å². The fourth-order valence-electron chi connectivity index (χ4n) is 2.03.